The number of anilines is 1. The normalized spacial score (nSPS) is 16.9. The minimum Gasteiger partial charge on any atom is -0.377 e. The fourth-order valence-electron chi connectivity index (χ4n) is 2.31. The fourth-order valence-corrected chi connectivity index (χ4v) is 2.31. The second-order valence-electron chi connectivity index (χ2n) is 4.64. The molecule has 0 amide bonds. The molecule has 0 saturated heterocycles. The highest BCUT2D eigenvalue weighted by Crippen LogP contribution is 2.47. The largest absolute Gasteiger partial charge is 0.377 e. The van der Waals surface area contributed by atoms with E-state index < -0.39 is 5.54 Å². The lowest BCUT2D eigenvalue weighted by molar-refractivity contribution is 0.256. The molecule has 1 aliphatic rings. The van der Waals surface area contributed by atoms with E-state index in [0.29, 0.717) is 0 Å². The first kappa shape index (κ1) is 11.8. The molecule has 0 spiro atoms. The zero-order valence-electron chi connectivity index (χ0n) is 10.0. The summed E-state index contributed by atoms with van der Waals surface area (Å²) in [6.45, 7) is 0. The average molecular weight is 234 g/mol. The first-order valence-electron chi connectivity index (χ1n) is 5.65. The summed E-state index contributed by atoms with van der Waals surface area (Å²) >= 11 is 0. The lowest BCUT2D eigenvalue weighted by Gasteiger charge is -2.39. The summed E-state index contributed by atoms with van der Waals surface area (Å²) in [5.41, 5.74) is 1.22. The predicted molar refractivity (Wildman–Crippen MR) is 64.4 cm³/mol. The molecule has 1 aromatic carbocycles. The van der Waals surface area contributed by atoms with Crippen molar-refractivity contribution in [3.63, 3.8) is 0 Å². The number of halogens is 1. The van der Waals surface area contributed by atoms with Crippen LogP contribution in [0.2, 0.25) is 0 Å². The molecular weight excluding hydrogens is 219 g/mol. The van der Waals surface area contributed by atoms with Gasteiger partial charge in [-0.25, -0.2) is 9.18 Å². The van der Waals surface area contributed by atoms with Gasteiger partial charge in [0.15, 0.2) is 0 Å². The van der Waals surface area contributed by atoms with E-state index in [-0.39, 0.29) is 5.82 Å². The Labute approximate surface area is 100.0 Å². The van der Waals surface area contributed by atoms with Gasteiger partial charge in [0.2, 0.25) is 6.08 Å². The molecule has 90 valence electrons. The van der Waals surface area contributed by atoms with E-state index in [1.165, 1.54) is 12.1 Å². The van der Waals surface area contributed by atoms with Crippen LogP contribution in [0, 0.1) is 5.82 Å². The number of hydrogen-bond donors (Lipinski definition) is 0. The van der Waals surface area contributed by atoms with Crippen LogP contribution in [0.4, 0.5) is 10.1 Å². The summed E-state index contributed by atoms with van der Waals surface area (Å²) < 4.78 is 13.3. The van der Waals surface area contributed by atoms with Crippen molar-refractivity contribution in [1.82, 2.24) is 0 Å². The Morgan fingerprint density at radius 1 is 1.41 bits per heavy atom. The maximum absolute atomic E-state index is 13.3. The monoisotopic (exact) mass is 234 g/mol. The van der Waals surface area contributed by atoms with Crippen LogP contribution in [0.1, 0.15) is 24.8 Å². The van der Waals surface area contributed by atoms with E-state index in [4.69, 9.17) is 0 Å². The molecule has 0 bridgehead atoms. The number of hydrogen-bond acceptors (Lipinski definition) is 3. The fraction of sp³-hybridized carbons (Fsp3) is 0.462. The molecular formula is C13H15FN2O. The molecule has 0 N–H and O–H groups in total. The van der Waals surface area contributed by atoms with Gasteiger partial charge in [0.1, 0.15) is 11.4 Å². The van der Waals surface area contributed by atoms with Gasteiger partial charge in [-0.3, -0.25) is 0 Å². The van der Waals surface area contributed by atoms with Crippen LogP contribution >= 0.6 is 0 Å². The number of isocyanates is 1. The molecule has 1 aromatic rings. The van der Waals surface area contributed by atoms with Crippen molar-refractivity contribution >= 4 is 11.8 Å². The molecule has 0 radical (unpaired) electrons. The number of aliphatic imine (C=N–C) groups is 1. The SMILES string of the molecule is CN(C)c1cc(F)ccc1C1(N=C=O)CCC1. The highest BCUT2D eigenvalue weighted by molar-refractivity contribution is 5.57. The minimum atomic E-state index is -0.477. The van der Waals surface area contributed by atoms with Gasteiger partial charge >= 0.3 is 0 Å². The van der Waals surface area contributed by atoms with Crippen LogP contribution in [0.5, 0.6) is 0 Å². The van der Waals surface area contributed by atoms with Crippen molar-refractivity contribution in [2.45, 2.75) is 24.8 Å². The van der Waals surface area contributed by atoms with Crippen molar-refractivity contribution < 1.29 is 9.18 Å². The molecule has 0 heterocycles. The topological polar surface area (TPSA) is 32.7 Å². The molecule has 3 nitrogen and oxygen atoms in total. The van der Waals surface area contributed by atoms with Crippen LogP contribution in [-0.4, -0.2) is 20.2 Å². The Hall–Kier alpha value is -1.67. The van der Waals surface area contributed by atoms with Gasteiger partial charge in [0.25, 0.3) is 0 Å². The molecule has 1 aliphatic carbocycles. The van der Waals surface area contributed by atoms with Gasteiger partial charge < -0.3 is 4.90 Å². The summed E-state index contributed by atoms with van der Waals surface area (Å²) in [4.78, 5) is 16.4. The summed E-state index contributed by atoms with van der Waals surface area (Å²) in [5.74, 6) is -0.276. The summed E-state index contributed by atoms with van der Waals surface area (Å²) in [7, 11) is 3.71. The molecule has 0 aromatic heterocycles. The standard InChI is InChI=1S/C13H15FN2O/c1-16(2)12-8-10(14)4-5-11(12)13(15-9-17)6-3-7-13/h4-5,8H,3,6-7H2,1-2H3. The molecule has 0 atom stereocenters. The van der Waals surface area contributed by atoms with Crippen LogP contribution in [0.15, 0.2) is 23.2 Å². The Bertz CT molecular complexity index is 474. The van der Waals surface area contributed by atoms with Crippen LogP contribution < -0.4 is 4.90 Å². The van der Waals surface area contributed by atoms with E-state index in [0.717, 1.165) is 30.5 Å². The van der Waals surface area contributed by atoms with E-state index in [1.54, 1.807) is 12.1 Å². The molecule has 17 heavy (non-hydrogen) atoms. The summed E-state index contributed by atoms with van der Waals surface area (Å²) in [6.07, 6.45) is 4.35. The molecule has 4 heteroatoms. The van der Waals surface area contributed by atoms with Gasteiger partial charge in [-0.2, -0.15) is 4.99 Å². The quantitative estimate of drug-likeness (QED) is 0.595. The number of benzene rings is 1. The third kappa shape index (κ3) is 1.96. The average Bonchev–Trinajstić information content (AvgIpc) is 2.24. The lowest BCUT2D eigenvalue weighted by atomic mass is 9.71. The highest BCUT2D eigenvalue weighted by atomic mass is 19.1. The third-order valence-electron chi connectivity index (χ3n) is 3.38. The van der Waals surface area contributed by atoms with E-state index in [1.807, 2.05) is 19.0 Å². The van der Waals surface area contributed by atoms with Crippen LogP contribution in [-0.2, 0) is 10.3 Å². The van der Waals surface area contributed by atoms with Crippen molar-refractivity contribution in [2.75, 3.05) is 19.0 Å². The molecule has 1 fully saturated rings. The predicted octanol–water partition coefficient (Wildman–Crippen LogP) is 2.61. The summed E-state index contributed by atoms with van der Waals surface area (Å²) in [5, 5.41) is 0. The van der Waals surface area contributed by atoms with Gasteiger partial charge in [0.05, 0.1) is 0 Å². The second kappa shape index (κ2) is 4.30. The molecule has 0 unspecified atom stereocenters. The maximum atomic E-state index is 13.3. The zero-order valence-corrected chi connectivity index (χ0v) is 10.0. The van der Waals surface area contributed by atoms with Crippen molar-refractivity contribution in [3.05, 3.63) is 29.6 Å². The first-order chi connectivity index (χ1) is 8.09. The lowest BCUT2D eigenvalue weighted by Crippen LogP contribution is -2.33. The van der Waals surface area contributed by atoms with E-state index >= 15 is 0 Å². The van der Waals surface area contributed by atoms with Crippen LogP contribution in [0.3, 0.4) is 0 Å². The molecule has 1 saturated carbocycles. The second-order valence-corrected chi connectivity index (χ2v) is 4.64. The maximum Gasteiger partial charge on any atom is 0.235 e. The number of nitrogens with zero attached hydrogens (tertiary/aromatic N) is 2. The highest BCUT2D eigenvalue weighted by Gasteiger charge is 2.40. The smallest absolute Gasteiger partial charge is 0.235 e. The number of carbonyl (C=O) groups excluding carboxylic acids is 1. The van der Waals surface area contributed by atoms with Crippen molar-refractivity contribution in [2.24, 2.45) is 4.99 Å². The Kier molecular flexibility index (Phi) is 2.99. The summed E-state index contributed by atoms with van der Waals surface area (Å²) in [6, 6.07) is 4.63. The Morgan fingerprint density at radius 2 is 2.12 bits per heavy atom. The zero-order chi connectivity index (χ0) is 12.5. The van der Waals surface area contributed by atoms with Gasteiger partial charge in [-0.1, -0.05) is 6.07 Å². The van der Waals surface area contributed by atoms with Gasteiger partial charge in [-0.05, 0) is 31.4 Å². The van der Waals surface area contributed by atoms with Crippen molar-refractivity contribution in [3.8, 4) is 0 Å². The minimum absolute atomic E-state index is 0.276. The van der Waals surface area contributed by atoms with Gasteiger partial charge in [0, 0.05) is 25.3 Å². The van der Waals surface area contributed by atoms with Gasteiger partial charge in [-0.15, -0.1) is 0 Å². The Morgan fingerprint density at radius 3 is 2.59 bits per heavy atom. The molecule has 0 aliphatic heterocycles. The Balaban J connectivity index is 2.54. The number of rotatable bonds is 3. The third-order valence-corrected chi connectivity index (χ3v) is 3.38. The molecule has 2 rings (SSSR count). The van der Waals surface area contributed by atoms with Crippen LogP contribution in [0.25, 0.3) is 0 Å². The van der Waals surface area contributed by atoms with E-state index in [2.05, 4.69) is 4.99 Å². The van der Waals surface area contributed by atoms with E-state index in [9.17, 15) is 9.18 Å². The van der Waals surface area contributed by atoms with Crippen molar-refractivity contribution in [1.29, 1.82) is 0 Å². The first-order valence-corrected chi connectivity index (χ1v) is 5.65.